The fourth-order valence-corrected chi connectivity index (χ4v) is 1.72. The Morgan fingerprint density at radius 1 is 1.05 bits per heavy atom. The summed E-state index contributed by atoms with van der Waals surface area (Å²) in [6, 6.07) is 12.0. The standard InChI is InChI=1S/C14H12ClFN4/c15-12-6-5-11(7-13(12)16)10-3-1-9(2-4-10)8-19-20-14(17)18/h1-8H,(H4,17,18,20). The van der Waals surface area contributed by atoms with Crippen molar-refractivity contribution in [1.29, 1.82) is 0 Å². The number of halogens is 2. The van der Waals surface area contributed by atoms with Crippen LogP contribution in [0, 0.1) is 5.82 Å². The van der Waals surface area contributed by atoms with Crippen molar-refractivity contribution in [2.75, 3.05) is 0 Å². The first-order valence-electron chi connectivity index (χ1n) is 5.74. The third-order valence-corrected chi connectivity index (χ3v) is 2.85. The van der Waals surface area contributed by atoms with Crippen molar-refractivity contribution in [3.05, 3.63) is 58.9 Å². The van der Waals surface area contributed by atoms with Gasteiger partial charge in [0, 0.05) is 0 Å². The van der Waals surface area contributed by atoms with Crippen LogP contribution in [0.15, 0.2) is 52.7 Å². The number of hydrogen-bond acceptors (Lipinski definition) is 2. The van der Waals surface area contributed by atoms with Gasteiger partial charge >= 0.3 is 0 Å². The maximum absolute atomic E-state index is 13.4. The van der Waals surface area contributed by atoms with E-state index in [0.29, 0.717) is 0 Å². The van der Waals surface area contributed by atoms with Gasteiger partial charge in [0.2, 0.25) is 5.96 Å². The van der Waals surface area contributed by atoms with Crippen molar-refractivity contribution < 1.29 is 4.39 Å². The zero-order valence-corrected chi connectivity index (χ0v) is 11.2. The van der Waals surface area contributed by atoms with Crippen LogP contribution in [-0.4, -0.2) is 12.2 Å². The topological polar surface area (TPSA) is 76.8 Å². The van der Waals surface area contributed by atoms with E-state index in [0.717, 1.165) is 16.7 Å². The highest BCUT2D eigenvalue weighted by molar-refractivity contribution is 6.30. The lowest BCUT2D eigenvalue weighted by molar-refractivity contribution is 0.629. The number of nitrogens with two attached hydrogens (primary N) is 2. The molecule has 0 atom stereocenters. The van der Waals surface area contributed by atoms with Crippen LogP contribution in [0.5, 0.6) is 0 Å². The minimum absolute atomic E-state index is 0.102. The molecule has 0 unspecified atom stereocenters. The van der Waals surface area contributed by atoms with E-state index in [1.807, 2.05) is 24.3 Å². The molecule has 0 fully saturated rings. The first-order valence-corrected chi connectivity index (χ1v) is 6.11. The van der Waals surface area contributed by atoms with Crippen molar-refractivity contribution >= 4 is 23.8 Å². The predicted octanol–water partition coefficient (Wildman–Crippen LogP) is 2.75. The number of rotatable bonds is 3. The Morgan fingerprint density at radius 2 is 1.70 bits per heavy atom. The summed E-state index contributed by atoms with van der Waals surface area (Å²) in [5.74, 6) is -0.544. The SMILES string of the molecule is NC(N)=NN=Cc1ccc(-c2ccc(Cl)c(F)c2)cc1. The van der Waals surface area contributed by atoms with E-state index in [4.69, 9.17) is 23.1 Å². The van der Waals surface area contributed by atoms with Gasteiger partial charge in [-0.05, 0) is 28.8 Å². The van der Waals surface area contributed by atoms with Gasteiger partial charge in [-0.15, -0.1) is 5.10 Å². The van der Waals surface area contributed by atoms with E-state index in [2.05, 4.69) is 10.2 Å². The molecule has 2 aromatic rings. The summed E-state index contributed by atoms with van der Waals surface area (Å²) in [6.45, 7) is 0. The van der Waals surface area contributed by atoms with Crippen LogP contribution in [0.4, 0.5) is 4.39 Å². The summed E-state index contributed by atoms with van der Waals surface area (Å²) in [6.07, 6.45) is 1.52. The molecule has 0 amide bonds. The van der Waals surface area contributed by atoms with E-state index >= 15 is 0 Å². The lowest BCUT2D eigenvalue weighted by atomic mass is 10.0. The Labute approximate surface area is 120 Å². The second-order valence-corrected chi connectivity index (χ2v) is 4.43. The normalized spacial score (nSPS) is 10.7. The molecule has 4 N–H and O–H groups in total. The molecule has 0 saturated carbocycles. The highest BCUT2D eigenvalue weighted by Gasteiger charge is 2.03. The van der Waals surface area contributed by atoms with Gasteiger partial charge in [-0.1, -0.05) is 41.9 Å². The largest absolute Gasteiger partial charge is 0.369 e. The van der Waals surface area contributed by atoms with Gasteiger partial charge in [-0.3, -0.25) is 0 Å². The molecule has 4 nitrogen and oxygen atoms in total. The second kappa shape index (κ2) is 6.16. The number of nitrogens with zero attached hydrogens (tertiary/aromatic N) is 2. The summed E-state index contributed by atoms with van der Waals surface area (Å²) in [5, 5.41) is 7.31. The van der Waals surface area contributed by atoms with Gasteiger partial charge in [0.25, 0.3) is 0 Å². The van der Waals surface area contributed by atoms with E-state index in [9.17, 15) is 4.39 Å². The van der Waals surface area contributed by atoms with Crippen LogP contribution in [0.3, 0.4) is 0 Å². The molecule has 0 radical (unpaired) electrons. The van der Waals surface area contributed by atoms with E-state index in [-0.39, 0.29) is 11.0 Å². The fourth-order valence-electron chi connectivity index (χ4n) is 1.60. The Morgan fingerprint density at radius 3 is 2.30 bits per heavy atom. The zero-order chi connectivity index (χ0) is 14.5. The third-order valence-electron chi connectivity index (χ3n) is 2.54. The summed E-state index contributed by atoms with van der Waals surface area (Å²) < 4.78 is 13.4. The minimum atomic E-state index is -0.442. The fraction of sp³-hybridized carbons (Fsp3) is 0. The van der Waals surface area contributed by atoms with Crippen LogP contribution in [0.2, 0.25) is 5.02 Å². The van der Waals surface area contributed by atoms with Crippen LogP contribution in [0.25, 0.3) is 11.1 Å². The molecule has 20 heavy (non-hydrogen) atoms. The van der Waals surface area contributed by atoms with Gasteiger partial charge in [-0.25, -0.2) is 4.39 Å². The zero-order valence-electron chi connectivity index (χ0n) is 10.4. The van der Waals surface area contributed by atoms with E-state index < -0.39 is 5.82 Å². The number of hydrogen-bond donors (Lipinski definition) is 2. The molecule has 0 heterocycles. The predicted molar refractivity (Wildman–Crippen MR) is 80.2 cm³/mol. The molecular formula is C14H12ClFN4. The number of benzene rings is 2. The second-order valence-electron chi connectivity index (χ2n) is 4.02. The number of guanidine groups is 1. The Kier molecular flexibility index (Phi) is 4.32. The van der Waals surface area contributed by atoms with Gasteiger partial charge in [0.1, 0.15) is 5.82 Å². The van der Waals surface area contributed by atoms with Crippen LogP contribution >= 0.6 is 11.6 Å². The third kappa shape index (κ3) is 3.55. The Balaban J connectivity index is 2.21. The molecule has 0 aliphatic carbocycles. The summed E-state index contributed by atoms with van der Waals surface area (Å²) in [4.78, 5) is 0. The van der Waals surface area contributed by atoms with Gasteiger partial charge in [0.15, 0.2) is 0 Å². The van der Waals surface area contributed by atoms with Crippen molar-refractivity contribution in [3.63, 3.8) is 0 Å². The molecule has 0 bridgehead atoms. The first kappa shape index (κ1) is 14.0. The van der Waals surface area contributed by atoms with Crippen LogP contribution < -0.4 is 11.5 Å². The highest BCUT2D eigenvalue weighted by Crippen LogP contribution is 2.24. The lowest BCUT2D eigenvalue weighted by Crippen LogP contribution is -2.21. The molecule has 2 rings (SSSR count). The average Bonchev–Trinajstić information content (AvgIpc) is 2.42. The molecule has 2 aromatic carbocycles. The molecule has 0 aliphatic heterocycles. The van der Waals surface area contributed by atoms with Crippen LogP contribution in [-0.2, 0) is 0 Å². The van der Waals surface area contributed by atoms with Gasteiger partial charge in [-0.2, -0.15) is 5.10 Å². The molecule has 0 aliphatic rings. The average molecular weight is 291 g/mol. The van der Waals surface area contributed by atoms with Crippen molar-refractivity contribution in [1.82, 2.24) is 0 Å². The van der Waals surface area contributed by atoms with E-state index in [1.165, 1.54) is 18.3 Å². The highest BCUT2D eigenvalue weighted by atomic mass is 35.5. The smallest absolute Gasteiger partial charge is 0.211 e. The molecule has 0 spiro atoms. The molecule has 0 saturated heterocycles. The molecular weight excluding hydrogens is 279 g/mol. The first-order chi connectivity index (χ1) is 9.56. The molecule has 0 aromatic heterocycles. The maximum atomic E-state index is 13.4. The van der Waals surface area contributed by atoms with E-state index in [1.54, 1.807) is 6.07 Å². The maximum Gasteiger partial charge on any atom is 0.211 e. The van der Waals surface area contributed by atoms with Crippen molar-refractivity contribution in [2.45, 2.75) is 0 Å². The minimum Gasteiger partial charge on any atom is -0.369 e. The Bertz CT molecular complexity index is 661. The van der Waals surface area contributed by atoms with Gasteiger partial charge in [0.05, 0.1) is 11.2 Å². The van der Waals surface area contributed by atoms with Gasteiger partial charge < -0.3 is 11.5 Å². The molecule has 102 valence electrons. The van der Waals surface area contributed by atoms with Crippen molar-refractivity contribution in [3.8, 4) is 11.1 Å². The summed E-state index contributed by atoms with van der Waals surface area (Å²) in [7, 11) is 0. The quantitative estimate of drug-likeness (QED) is 0.518. The summed E-state index contributed by atoms with van der Waals surface area (Å²) in [5.41, 5.74) is 12.8. The van der Waals surface area contributed by atoms with Crippen LogP contribution in [0.1, 0.15) is 5.56 Å². The van der Waals surface area contributed by atoms with Crippen molar-refractivity contribution in [2.24, 2.45) is 21.7 Å². The Hall–Kier alpha value is -2.40. The molecule has 6 heteroatoms. The summed E-state index contributed by atoms with van der Waals surface area (Å²) >= 11 is 5.65. The monoisotopic (exact) mass is 290 g/mol. The lowest BCUT2D eigenvalue weighted by Gasteiger charge is -2.03.